The van der Waals surface area contributed by atoms with Crippen molar-refractivity contribution < 1.29 is 4.74 Å². The van der Waals surface area contributed by atoms with Crippen molar-refractivity contribution in [2.45, 2.75) is 25.5 Å². The Bertz CT molecular complexity index is 348. The van der Waals surface area contributed by atoms with Gasteiger partial charge in [-0.2, -0.15) is 0 Å². The maximum absolute atomic E-state index is 5.38. The lowest BCUT2D eigenvalue weighted by Crippen LogP contribution is -2.36. The Kier molecular flexibility index (Phi) is 4.34. The van der Waals surface area contributed by atoms with E-state index in [1.807, 2.05) is 19.3 Å². The van der Waals surface area contributed by atoms with Crippen LogP contribution in [0.1, 0.15) is 18.4 Å². The highest BCUT2D eigenvalue weighted by Gasteiger charge is 2.19. The quantitative estimate of drug-likeness (QED) is 0.862. The van der Waals surface area contributed by atoms with E-state index < -0.39 is 0 Å². The van der Waals surface area contributed by atoms with Gasteiger partial charge in [-0.25, -0.2) is 4.98 Å². The van der Waals surface area contributed by atoms with Gasteiger partial charge in [-0.15, -0.1) is 0 Å². The molecule has 4 heteroatoms. The number of nitrogens with one attached hydrogen (secondary N) is 1. The zero-order chi connectivity index (χ0) is 12.1. The molecule has 0 amide bonds. The highest BCUT2D eigenvalue weighted by molar-refractivity contribution is 5.42. The van der Waals surface area contributed by atoms with Gasteiger partial charge in [0.1, 0.15) is 5.82 Å². The van der Waals surface area contributed by atoms with Crippen LogP contribution in [0, 0.1) is 0 Å². The predicted octanol–water partition coefficient (Wildman–Crippen LogP) is 1.73. The lowest BCUT2D eigenvalue weighted by atomic mass is 10.1. The van der Waals surface area contributed by atoms with Gasteiger partial charge in [-0.3, -0.25) is 4.90 Å². The van der Waals surface area contributed by atoms with Crippen molar-refractivity contribution in [2.24, 2.45) is 0 Å². The van der Waals surface area contributed by atoms with Crippen molar-refractivity contribution in [1.29, 1.82) is 0 Å². The molecule has 17 heavy (non-hydrogen) atoms. The highest BCUT2D eigenvalue weighted by atomic mass is 16.5. The molecule has 0 atom stereocenters. The number of nitrogens with zero attached hydrogens (tertiary/aromatic N) is 2. The second-order valence-electron chi connectivity index (χ2n) is 4.47. The van der Waals surface area contributed by atoms with Crippen LogP contribution in [0.5, 0.6) is 0 Å². The summed E-state index contributed by atoms with van der Waals surface area (Å²) in [5.41, 5.74) is 1.27. The highest BCUT2D eigenvalue weighted by Crippen LogP contribution is 2.18. The molecule has 1 N–H and O–H groups in total. The summed E-state index contributed by atoms with van der Waals surface area (Å²) in [7, 11) is 3.73. The minimum atomic E-state index is 0.448. The number of aromatic nitrogens is 1. The van der Waals surface area contributed by atoms with E-state index in [0.717, 1.165) is 38.3 Å². The van der Waals surface area contributed by atoms with Crippen molar-refractivity contribution in [3.63, 3.8) is 0 Å². The summed E-state index contributed by atoms with van der Waals surface area (Å²) < 4.78 is 5.38. The standard InChI is InChI=1S/C13H21N3O/c1-14-13-11(4-3-7-15-13)10-16-8-5-12(17-2)6-9-16/h3-4,7,12H,5-6,8-10H2,1-2H3,(H,14,15). The smallest absolute Gasteiger partial charge is 0.130 e. The molecule has 4 nitrogen and oxygen atoms in total. The number of rotatable bonds is 4. The molecular formula is C13H21N3O. The fourth-order valence-electron chi connectivity index (χ4n) is 2.34. The molecule has 1 saturated heterocycles. The van der Waals surface area contributed by atoms with E-state index >= 15 is 0 Å². The normalized spacial score (nSPS) is 18.2. The molecule has 1 aromatic heterocycles. The molecule has 1 aliphatic rings. The fourth-order valence-corrected chi connectivity index (χ4v) is 2.34. The van der Waals surface area contributed by atoms with Crippen LogP contribution in [-0.2, 0) is 11.3 Å². The van der Waals surface area contributed by atoms with E-state index in [-0.39, 0.29) is 0 Å². The number of ether oxygens (including phenoxy) is 1. The van der Waals surface area contributed by atoms with Gasteiger partial charge in [-0.05, 0) is 18.9 Å². The number of anilines is 1. The Balaban J connectivity index is 1.93. The minimum Gasteiger partial charge on any atom is -0.381 e. The van der Waals surface area contributed by atoms with Crippen LogP contribution in [-0.4, -0.2) is 43.2 Å². The van der Waals surface area contributed by atoms with Crippen LogP contribution in [0.4, 0.5) is 5.82 Å². The number of piperidine rings is 1. The largest absolute Gasteiger partial charge is 0.381 e. The summed E-state index contributed by atoms with van der Waals surface area (Å²) in [6.07, 6.45) is 4.54. The van der Waals surface area contributed by atoms with E-state index in [4.69, 9.17) is 4.74 Å². The van der Waals surface area contributed by atoms with E-state index in [1.165, 1.54) is 5.56 Å². The zero-order valence-corrected chi connectivity index (χ0v) is 10.6. The molecule has 2 heterocycles. The molecule has 0 aromatic carbocycles. The van der Waals surface area contributed by atoms with Crippen molar-refractivity contribution in [1.82, 2.24) is 9.88 Å². The lowest BCUT2D eigenvalue weighted by molar-refractivity contribution is 0.0389. The molecule has 0 bridgehead atoms. The maximum atomic E-state index is 5.38. The summed E-state index contributed by atoms with van der Waals surface area (Å²) in [5.74, 6) is 0.987. The average molecular weight is 235 g/mol. The Labute approximate surface area is 103 Å². The van der Waals surface area contributed by atoms with E-state index in [0.29, 0.717) is 6.10 Å². The van der Waals surface area contributed by atoms with Crippen molar-refractivity contribution in [3.8, 4) is 0 Å². The first kappa shape index (κ1) is 12.3. The van der Waals surface area contributed by atoms with Crippen LogP contribution in [0.15, 0.2) is 18.3 Å². The van der Waals surface area contributed by atoms with E-state index in [9.17, 15) is 0 Å². The van der Waals surface area contributed by atoms with Gasteiger partial charge < -0.3 is 10.1 Å². The number of hydrogen-bond acceptors (Lipinski definition) is 4. The molecule has 94 valence electrons. The molecular weight excluding hydrogens is 214 g/mol. The van der Waals surface area contributed by atoms with Gasteiger partial charge in [0.2, 0.25) is 0 Å². The average Bonchev–Trinajstić information content (AvgIpc) is 2.40. The third kappa shape index (κ3) is 3.17. The van der Waals surface area contributed by atoms with Crippen LogP contribution in [0.3, 0.4) is 0 Å². The summed E-state index contributed by atoms with van der Waals surface area (Å²) >= 11 is 0. The SMILES string of the molecule is CNc1ncccc1CN1CCC(OC)CC1. The molecule has 0 unspecified atom stereocenters. The summed E-state index contributed by atoms with van der Waals surface area (Å²) in [4.78, 5) is 6.80. The van der Waals surface area contributed by atoms with Crippen LogP contribution in [0.2, 0.25) is 0 Å². The van der Waals surface area contributed by atoms with Crippen molar-refractivity contribution in [2.75, 3.05) is 32.6 Å². The Morgan fingerprint density at radius 3 is 2.88 bits per heavy atom. The number of likely N-dealkylation sites (tertiary alicyclic amines) is 1. The third-order valence-electron chi connectivity index (χ3n) is 3.39. The van der Waals surface area contributed by atoms with Gasteiger partial charge in [0.25, 0.3) is 0 Å². The summed E-state index contributed by atoms with van der Waals surface area (Å²) in [5, 5.41) is 3.14. The van der Waals surface area contributed by atoms with E-state index in [1.54, 1.807) is 7.11 Å². The van der Waals surface area contributed by atoms with Crippen molar-refractivity contribution in [3.05, 3.63) is 23.9 Å². The van der Waals surface area contributed by atoms with Crippen molar-refractivity contribution >= 4 is 5.82 Å². The van der Waals surface area contributed by atoms with Gasteiger partial charge in [0.15, 0.2) is 0 Å². The fraction of sp³-hybridized carbons (Fsp3) is 0.615. The molecule has 0 radical (unpaired) electrons. The first-order valence-electron chi connectivity index (χ1n) is 6.20. The second-order valence-corrected chi connectivity index (χ2v) is 4.47. The second kappa shape index (κ2) is 5.98. The molecule has 1 fully saturated rings. The molecule has 0 saturated carbocycles. The van der Waals surface area contributed by atoms with Crippen LogP contribution >= 0.6 is 0 Å². The Morgan fingerprint density at radius 2 is 2.24 bits per heavy atom. The van der Waals surface area contributed by atoms with Gasteiger partial charge >= 0.3 is 0 Å². The third-order valence-corrected chi connectivity index (χ3v) is 3.39. The number of hydrogen-bond donors (Lipinski definition) is 1. The van der Waals surface area contributed by atoms with Gasteiger partial charge in [-0.1, -0.05) is 6.07 Å². The van der Waals surface area contributed by atoms with Crippen LogP contribution < -0.4 is 5.32 Å². The number of methoxy groups -OCH3 is 1. The number of pyridine rings is 1. The lowest BCUT2D eigenvalue weighted by Gasteiger charge is -2.31. The molecule has 0 spiro atoms. The maximum Gasteiger partial charge on any atom is 0.130 e. The first-order valence-corrected chi connectivity index (χ1v) is 6.20. The van der Waals surface area contributed by atoms with E-state index in [2.05, 4.69) is 21.3 Å². The van der Waals surface area contributed by atoms with Crippen LogP contribution in [0.25, 0.3) is 0 Å². The zero-order valence-electron chi connectivity index (χ0n) is 10.6. The first-order chi connectivity index (χ1) is 8.33. The monoisotopic (exact) mass is 235 g/mol. The topological polar surface area (TPSA) is 37.4 Å². The predicted molar refractivity (Wildman–Crippen MR) is 69.1 cm³/mol. The Morgan fingerprint density at radius 1 is 1.47 bits per heavy atom. The van der Waals surface area contributed by atoms with Gasteiger partial charge in [0.05, 0.1) is 6.10 Å². The van der Waals surface area contributed by atoms with Gasteiger partial charge in [0, 0.05) is 45.6 Å². The Hall–Kier alpha value is -1.13. The minimum absolute atomic E-state index is 0.448. The summed E-state index contributed by atoms with van der Waals surface area (Å²) in [6, 6.07) is 4.14. The molecule has 2 rings (SSSR count). The summed E-state index contributed by atoms with van der Waals surface area (Å²) in [6.45, 7) is 3.19. The molecule has 1 aliphatic heterocycles. The molecule has 0 aliphatic carbocycles. The molecule has 1 aromatic rings.